The number of rotatable bonds is 2. The number of oxazole rings is 1. The number of fused-ring (bicyclic) bond motifs is 1. The van der Waals surface area contributed by atoms with Crippen LogP contribution in [0.5, 0.6) is 0 Å². The minimum Gasteiger partial charge on any atom is -0.436 e. The van der Waals surface area contributed by atoms with Crippen LogP contribution < -0.4 is 5.32 Å². The molecule has 1 aromatic carbocycles. The Balaban J connectivity index is 2.10. The number of nitrogens with zero attached hydrogens (tertiary/aromatic N) is 2. The number of benzene rings is 1. The third-order valence-electron chi connectivity index (χ3n) is 2.71. The summed E-state index contributed by atoms with van der Waals surface area (Å²) in [5.41, 5.74) is 2.55. The summed E-state index contributed by atoms with van der Waals surface area (Å²) in [5.74, 6) is 0.241. The van der Waals surface area contributed by atoms with Gasteiger partial charge < -0.3 is 9.73 Å². The van der Waals surface area contributed by atoms with Crippen molar-refractivity contribution >= 4 is 34.3 Å². The number of carbonyl (C=O) groups is 1. The zero-order chi connectivity index (χ0) is 14.1. The fourth-order valence-electron chi connectivity index (χ4n) is 1.87. The molecule has 0 unspecified atom stereocenters. The van der Waals surface area contributed by atoms with Gasteiger partial charge in [-0.25, -0.2) is 4.98 Å². The molecule has 0 saturated heterocycles. The number of aromatic nitrogens is 2. The molecule has 0 aliphatic rings. The lowest BCUT2D eigenvalue weighted by molar-refractivity contribution is -0.114. The summed E-state index contributed by atoms with van der Waals surface area (Å²) in [5, 5.41) is 3.20. The Morgan fingerprint density at radius 1 is 1.35 bits per heavy atom. The molecule has 0 spiro atoms. The van der Waals surface area contributed by atoms with E-state index in [9.17, 15) is 4.79 Å². The predicted molar refractivity (Wildman–Crippen MR) is 76.6 cm³/mol. The summed E-state index contributed by atoms with van der Waals surface area (Å²) in [4.78, 5) is 19.4. The van der Waals surface area contributed by atoms with E-state index in [0.29, 0.717) is 33.3 Å². The molecule has 3 rings (SSSR count). The molecule has 0 aliphatic heterocycles. The summed E-state index contributed by atoms with van der Waals surface area (Å²) >= 11 is 6.17. The molecule has 20 heavy (non-hydrogen) atoms. The minimum atomic E-state index is -0.153. The van der Waals surface area contributed by atoms with Gasteiger partial charge in [-0.2, -0.15) is 0 Å². The van der Waals surface area contributed by atoms with Gasteiger partial charge in [-0.15, -0.1) is 0 Å². The van der Waals surface area contributed by atoms with Gasteiger partial charge in [0.2, 0.25) is 11.8 Å². The van der Waals surface area contributed by atoms with Crippen molar-refractivity contribution in [2.24, 2.45) is 0 Å². The standard InChI is InChI=1S/C14H10ClN3O2/c1-8(19)17-9-2-3-11(15)10(6-9)14-18-12-7-16-5-4-13(12)20-14/h2-7H,1H3,(H,17,19). The van der Waals surface area contributed by atoms with Crippen LogP contribution in [-0.2, 0) is 4.79 Å². The average Bonchev–Trinajstić information content (AvgIpc) is 2.84. The van der Waals surface area contributed by atoms with Crippen molar-refractivity contribution in [2.75, 3.05) is 5.32 Å². The molecular formula is C14H10ClN3O2. The summed E-state index contributed by atoms with van der Waals surface area (Å²) in [6, 6.07) is 6.87. The van der Waals surface area contributed by atoms with E-state index in [1.54, 1.807) is 36.7 Å². The number of hydrogen-bond donors (Lipinski definition) is 1. The first kappa shape index (κ1) is 12.6. The molecule has 3 aromatic rings. The number of amides is 1. The first-order valence-electron chi connectivity index (χ1n) is 5.91. The number of nitrogens with one attached hydrogen (secondary N) is 1. The normalized spacial score (nSPS) is 10.7. The van der Waals surface area contributed by atoms with Gasteiger partial charge in [-0.05, 0) is 18.2 Å². The van der Waals surface area contributed by atoms with Crippen LogP contribution in [0.2, 0.25) is 5.02 Å². The van der Waals surface area contributed by atoms with Crippen LogP contribution in [0.25, 0.3) is 22.6 Å². The first-order chi connectivity index (χ1) is 9.63. The zero-order valence-corrected chi connectivity index (χ0v) is 11.3. The second kappa shape index (κ2) is 4.94. The van der Waals surface area contributed by atoms with E-state index in [2.05, 4.69) is 15.3 Å². The van der Waals surface area contributed by atoms with Crippen molar-refractivity contribution in [1.29, 1.82) is 0 Å². The van der Waals surface area contributed by atoms with E-state index < -0.39 is 0 Å². The Kier molecular flexibility index (Phi) is 3.12. The second-order valence-electron chi connectivity index (χ2n) is 4.24. The maximum Gasteiger partial charge on any atom is 0.228 e. The summed E-state index contributed by atoms with van der Waals surface area (Å²) in [6.07, 6.45) is 3.25. The lowest BCUT2D eigenvalue weighted by Gasteiger charge is -2.05. The molecule has 5 nitrogen and oxygen atoms in total. The third kappa shape index (κ3) is 2.35. The Labute approximate surface area is 119 Å². The number of carbonyl (C=O) groups excluding carboxylic acids is 1. The summed E-state index contributed by atoms with van der Waals surface area (Å²) in [6.45, 7) is 1.44. The number of anilines is 1. The molecule has 0 bridgehead atoms. The van der Waals surface area contributed by atoms with Gasteiger partial charge in [0, 0.05) is 24.9 Å². The van der Waals surface area contributed by atoms with Gasteiger partial charge in [0.25, 0.3) is 0 Å². The van der Waals surface area contributed by atoms with E-state index in [0.717, 1.165) is 0 Å². The van der Waals surface area contributed by atoms with Gasteiger partial charge >= 0.3 is 0 Å². The van der Waals surface area contributed by atoms with Crippen LogP contribution in [-0.4, -0.2) is 15.9 Å². The molecule has 0 atom stereocenters. The van der Waals surface area contributed by atoms with Crippen LogP contribution in [0.1, 0.15) is 6.92 Å². The smallest absolute Gasteiger partial charge is 0.228 e. The van der Waals surface area contributed by atoms with Gasteiger partial charge in [0.05, 0.1) is 16.8 Å². The van der Waals surface area contributed by atoms with Crippen molar-refractivity contribution in [1.82, 2.24) is 9.97 Å². The summed E-state index contributed by atoms with van der Waals surface area (Å²) < 4.78 is 5.65. The minimum absolute atomic E-state index is 0.153. The highest BCUT2D eigenvalue weighted by Gasteiger charge is 2.12. The van der Waals surface area contributed by atoms with Crippen LogP contribution in [0.15, 0.2) is 41.1 Å². The quantitative estimate of drug-likeness (QED) is 0.783. The predicted octanol–water partition coefficient (Wildman–Crippen LogP) is 3.50. The van der Waals surface area contributed by atoms with Gasteiger partial charge in [-0.3, -0.25) is 9.78 Å². The number of halogens is 1. The van der Waals surface area contributed by atoms with E-state index in [4.69, 9.17) is 16.0 Å². The molecule has 0 radical (unpaired) electrons. The molecule has 6 heteroatoms. The average molecular weight is 288 g/mol. The number of hydrogen-bond acceptors (Lipinski definition) is 4. The molecule has 2 heterocycles. The Morgan fingerprint density at radius 2 is 2.20 bits per heavy atom. The van der Waals surface area contributed by atoms with Crippen molar-refractivity contribution < 1.29 is 9.21 Å². The fraction of sp³-hybridized carbons (Fsp3) is 0.0714. The van der Waals surface area contributed by atoms with Crippen LogP contribution in [0, 0.1) is 0 Å². The first-order valence-corrected chi connectivity index (χ1v) is 6.29. The monoisotopic (exact) mass is 287 g/mol. The van der Waals surface area contributed by atoms with Crippen LogP contribution >= 0.6 is 11.6 Å². The fourth-order valence-corrected chi connectivity index (χ4v) is 2.06. The third-order valence-corrected chi connectivity index (χ3v) is 3.04. The number of pyridine rings is 1. The molecule has 2 aromatic heterocycles. The van der Waals surface area contributed by atoms with Gasteiger partial charge in [0.15, 0.2) is 5.58 Å². The Hall–Kier alpha value is -2.40. The van der Waals surface area contributed by atoms with E-state index >= 15 is 0 Å². The SMILES string of the molecule is CC(=O)Nc1ccc(Cl)c(-c2nc3cnccc3o2)c1. The second-order valence-corrected chi connectivity index (χ2v) is 4.65. The molecule has 0 saturated carbocycles. The van der Waals surface area contributed by atoms with Gasteiger partial charge in [-0.1, -0.05) is 11.6 Å². The van der Waals surface area contributed by atoms with Crippen LogP contribution in [0.3, 0.4) is 0 Å². The van der Waals surface area contributed by atoms with E-state index in [-0.39, 0.29) is 5.91 Å². The maximum atomic E-state index is 11.1. The molecule has 1 N–H and O–H groups in total. The van der Waals surface area contributed by atoms with Crippen molar-refractivity contribution in [2.45, 2.75) is 6.92 Å². The van der Waals surface area contributed by atoms with E-state index in [1.165, 1.54) is 6.92 Å². The highest BCUT2D eigenvalue weighted by molar-refractivity contribution is 6.33. The van der Waals surface area contributed by atoms with Gasteiger partial charge in [0.1, 0.15) is 5.52 Å². The van der Waals surface area contributed by atoms with Crippen LogP contribution in [0.4, 0.5) is 5.69 Å². The molecule has 1 amide bonds. The zero-order valence-electron chi connectivity index (χ0n) is 10.6. The highest BCUT2D eigenvalue weighted by Crippen LogP contribution is 2.31. The highest BCUT2D eigenvalue weighted by atomic mass is 35.5. The maximum absolute atomic E-state index is 11.1. The molecular weight excluding hydrogens is 278 g/mol. The topological polar surface area (TPSA) is 68.0 Å². The largest absolute Gasteiger partial charge is 0.436 e. The van der Waals surface area contributed by atoms with Crippen molar-refractivity contribution in [3.8, 4) is 11.5 Å². The molecule has 0 aliphatic carbocycles. The molecule has 0 fully saturated rings. The van der Waals surface area contributed by atoms with E-state index in [1.807, 2.05) is 0 Å². The summed E-state index contributed by atoms with van der Waals surface area (Å²) in [7, 11) is 0. The Morgan fingerprint density at radius 3 is 2.95 bits per heavy atom. The lowest BCUT2D eigenvalue weighted by Crippen LogP contribution is -2.05. The molecule has 100 valence electrons. The van der Waals surface area contributed by atoms with Crippen molar-refractivity contribution in [3.63, 3.8) is 0 Å². The lowest BCUT2D eigenvalue weighted by atomic mass is 10.2. The van der Waals surface area contributed by atoms with Crippen molar-refractivity contribution in [3.05, 3.63) is 41.7 Å². The Bertz CT molecular complexity index is 765.